The topological polar surface area (TPSA) is 55.8 Å². The van der Waals surface area contributed by atoms with Gasteiger partial charge in [-0.15, -0.1) is 0 Å². The molecule has 2 aromatic carbocycles. The summed E-state index contributed by atoms with van der Waals surface area (Å²) in [6.07, 6.45) is 2.62. The van der Waals surface area contributed by atoms with E-state index in [2.05, 4.69) is 6.92 Å². The molecule has 1 aliphatic heterocycles. The van der Waals surface area contributed by atoms with Crippen LogP contribution in [0, 0.1) is 0 Å². The molecule has 22 heavy (non-hydrogen) atoms. The quantitative estimate of drug-likeness (QED) is 0.692. The van der Waals surface area contributed by atoms with Crippen LogP contribution in [0.2, 0.25) is 0 Å². The highest BCUT2D eigenvalue weighted by Gasteiger charge is 2.17. The Kier molecular flexibility index (Phi) is 3.83. The lowest BCUT2D eigenvalue weighted by atomic mass is 10.0. The molecule has 0 spiro atoms. The minimum atomic E-state index is -0.974. The SMILES string of the molecule is CCc1ccc(/C=C(/C(=O)O)c2ccc3c(c2)OCO3)cc1. The second-order valence-corrected chi connectivity index (χ2v) is 5.03. The third-order valence-electron chi connectivity index (χ3n) is 3.61. The second kappa shape index (κ2) is 5.93. The number of benzene rings is 2. The second-order valence-electron chi connectivity index (χ2n) is 5.03. The number of carbonyl (C=O) groups is 1. The number of hydrogen-bond donors (Lipinski definition) is 1. The van der Waals surface area contributed by atoms with Crippen LogP contribution in [0.1, 0.15) is 23.6 Å². The molecule has 0 unspecified atom stereocenters. The number of ether oxygens (including phenoxy) is 2. The highest BCUT2D eigenvalue weighted by molar-refractivity contribution is 6.20. The maximum atomic E-state index is 11.6. The van der Waals surface area contributed by atoms with Gasteiger partial charge in [0.05, 0.1) is 5.57 Å². The van der Waals surface area contributed by atoms with Crippen LogP contribution in [0.15, 0.2) is 42.5 Å². The lowest BCUT2D eigenvalue weighted by Gasteiger charge is -2.05. The van der Waals surface area contributed by atoms with Crippen molar-refractivity contribution in [3.63, 3.8) is 0 Å². The minimum Gasteiger partial charge on any atom is -0.478 e. The zero-order valence-electron chi connectivity index (χ0n) is 12.2. The van der Waals surface area contributed by atoms with Gasteiger partial charge in [0.25, 0.3) is 0 Å². The average Bonchev–Trinajstić information content (AvgIpc) is 3.00. The summed E-state index contributed by atoms with van der Waals surface area (Å²) in [4.78, 5) is 11.6. The van der Waals surface area contributed by atoms with Crippen molar-refractivity contribution in [3.05, 3.63) is 59.2 Å². The lowest BCUT2D eigenvalue weighted by molar-refractivity contribution is -0.130. The molecule has 1 aliphatic rings. The van der Waals surface area contributed by atoms with Crippen LogP contribution in [0.5, 0.6) is 11.5 Å². The number of carboxylic acid groups (broad SMARTS) is 1. The fourth-order valence-corrected chi connectivity index (χ4v) is 2.35. The van der Waals surface area contributed by atoms with Crippen molar-refractivity contribution in [2.45, 2.75) is 13.3 Å². The standard InChI is InChI=1S/C18H16O4/c1-2-12-3-5-13(6-4-12)9-15(18(19)20)14-7-8-16-17(10-14)22-11-21-16/h3-10H,2,11H2,1H3,(H,19,20)/b15-9+. The first kappa shape index (κ1) is 14.2. The van der Waals surface area contributed by atoms with E-state index in [-0.39, 0.29) is 12.4 Å². The van der Waals surface area contributed by atoms with Gasteiger partial charge < -0.3 is 14.6 Å². The first-order valence-electron chi connectivity index (χ1n) is 7.11. The van der Waals surface area contributed by atoms with Crippen molar-refractivity contribution in [1.29, 1.82) is 0 Å². The van der Waals surface area contributed by atoms with E-state index in [9.17, 15) is 9.90 Å². The molecule has 1 heterocycles. The van der Waals surface area contributed by atoms with Gasteiger partial charge in [-0.25, -0.2) is 4.79 Å². The molecule has 3 rings (SSSR count). The molecule has 2 aromatic rings. The van der Waals surface area contributed by atoms with Crippen LogP contribution < -0.4 is 9.47 Å². The Bertz CT molecular complexity index is 729. The summed E-state index contributed by atoms with van der Waals surface area (Å²) in [6.45, 7) is 2.25. The molecular formula is C18H16O4. The van der Waals surface area contributed by atoms with E-state index < -0.39 is 5.97 Å². The summed E-state index contributed by atoms with van der Waals surface area (Å²) in [6, 6.07) is 13.0. The highest BCUT2D eigenvalue weighted by Crippen LogP contribution is 2.35. The van der Waals surface area contributed by atoms with Crippen molar-refractivity contribution in [1.82, 2.24) is 0 Å². The highest BCUT2D eigenvalue weighted by atomic mass is 16.7. The lowest BCUT2D eigenvalue weighted by Crippen LogP contribution is -1.99. The van der Waals surface area contributed by atoms with Gasteiger partial charge in [-0.2, -0.15) is 0 Å². The van der Waals surface area contributed by atoms with E-state index in [0.29, 0.717) is 17.1 Å². The molecule has 0 radical (unpaired) electrons. The van der Waals surface area contributed by atoms with Gasteiger partial charge in [-0.05, 0) is 41.3 Å². The van der Waals surface area contributed by atoms with Gasteiger partial charge in [0.1, 0.15) is 0 Å². The number of rotatable bonds is 4. The zero-order chi connectivity index (χ0) is 15.5. The molecule has 4 heteroatoms. The molecule has 0 atom stereocenters. The van der Waals surface area contributed by atoms with E-state index in [0.717, 1.165) is 12.0 Å². The van der Waals surface area contributed by atoms with E-state index in [1.165, 1.54) is 5.56 Å². The molecule has 0 saturated carbocycles. The van der Waals surface area contributed by atoms with Gasteiger partial charge in [-0.3, -0.25) is 0 Å². The maximum Gasteiger partial charge on any atom is 0.336 e. The molecule has 4 nitrogen and oxygen atoms in total. The summed E-state index contributed by atoms with van der Waals surface area (Å²) in [5.74, 6) is 0.241. The number of aryl methyl sites for hydroxylation is 1. The van der Waals surface area contributed by atoms with Gasteiger partial charge in [-0.1, -0.05) is 37.3 Å². The minimum absolute atomic E-state index is 0.170. The number of fused-ring (bicyclic) bond motifs is 1. The van der Waals surface area contributed by atoms with Crippen LogP contribution in [-0.4, -0.2) is 17.9 Å². The third-order valence-corrected chi connectivity index (χ3v) is 3.61. The summed E-state index contributed by atoms with van der Waals surface area (Å²) in [7, 11) is 0. The molecule has 1 N–H and O–H groups in total. The van der Waals surface area contributed by atoms with E-state index in [1.54, 1.807) is 24.3 Å². The molecular weight excluding hydrogens is 280 g/mol. The van der Waals surface area contributed by atoms with Crippen molar-refractivity contribution >= 4 is 17.6 Å². The van der Waals surface area contributed by atoms with Crippen molar-refractivity contribution in [3.8, 4) is 11.5 Å². The Hall–Kier alpha value is -2.75. The smallest absolute Gasteiger partial charge is 0.336 e. The Morgan fingerprint density at radius 2 is 1.86 bits per heavy atom. The molecule has 112 valence electrons. The van der Waals surface area contributed by atoms with E-state index in [1.807, 2.05) is 24.3 Å². The Morgan fingerprint density at radius 1 is 1.14 bits per heavy atom. The van der Waals surface area contributed by atoms with Crippen LogP contribution in [0.25, 0.3) is 11.6 Å². The fourth-order valence-electron chi connectivity index (χ4n) is 2.35. The van der Waals surface area contributed by atoms with Crippen LogP contribution in [0.3, 0.4) is 0 Å². The van der Waals surface area contributed by atoms with Crippen molar-refractivity contribution < 1.29 is 19.4 Å². The number of carboxylic acids is 1. The van der Waals surface area contributed by atoms with Crippen LogP contribution >= 0.6 is 0 Å². The molecule has 0 aliphatic carbocycles. The van der Waals surface area contributed by atoms with E-state index >= 15 is 0 Å². The summed E-state index contributed by atoms with van der Waals surface area (Å²) in [5, 5.41) is 9.50. The predicted octanol–water partition coefficient (Wildman–Crippen LogP) is 3.60. The zero-order valence-corrected chi connectivity index (χ0v) is 12.2. The average molecular weight is 296 g/mol. The van der Waals surface area contributed by atoms with Gasteiger partial charge in [0, 0.05) is 0 Å². The maximum absolute atomic E-state index is 11.6. The summed E-state index contributed by atoms with van der Waals surface area (Å²) < 4.78 is 10.6. The molecule has 0 bridgehead atoms. The van der Waals surface area contributed by atoms with Crippen molar-refractivity contribution in [2.75, 3.05) is 6.79 Å². The molecule has 0 fully saturated rings. The number of hydrogen-bond acceptors (Lipinski definition) is 3. The van der Waals surface area contributed by atoms with Crippen LogP contribution in [0.4, 0.5) is 0 Å². The molecule has 0 aromatic heterocycles. The first-order chi connectivity index (χ1) is 10.7. The molecule has 0 amide bonds. The Balaban J connectivity index is 1.98. The monoisotopic (exact) mass is 296 g/mol. The fraction of sp³-hybridized carbons (Fsp3) is 0.167. The third kappa shape index (κ3) is 2.81. The van der Waals surface area contributed by atoms with Crippen LogP contribution in [-0.2, 0) is 11.2 Å². The molecule has 0 saturated heterocycles. The van der Waals surface area contributed by atoms with E-state index in [4.69, 9.17) is 9.47 Å². The van der Waals surface area contributed by atoms with Gasteiger partial charge in [0.15, 0.2) is 11.5 Å². The summed E-state index contributed by atoms with van der Waals surface area (Å²) in [5.41, 5.74) is 2.89. The van der Waals surface area contributed by atoms with Crippen molar-refractivity contribution in [2.24, 2.45) is 0 Å². The summed E-state index contributed by atoms with van der Waals surface area (Å²) >= 11 is 0. The van der Waals surface area contributed by atoms with Gasteiger partial charge in [0.2, 0.25) is 6.79 Å². The Labute approximate surface area is 128 Å². The number of aliphatic carboxylic acids is 1. The predicted molar refractivity (Wildman–Crippen MR) is 83.9 cm³/mol. The normalized spacial score (nSPS) is 13.2. The van der Waals surface area contributed by atoms with Gasteiger partial charge >= 0.3 is 5.97 Å². The largest absolute Gasteiger partial charge is 0.478 e. The Morgan fingerprint density at radius 3 is 2.55 bits per heavy atom. The first-order valence-corrected chi connectivity index (χ1v) is 7.11.